The second-order valence-electron chi connectivity index (χ2n) is 6.32. The number of guanidine groups is 1. The summed E-state index contributed by atoms with van der Waals surface area (Å²) in [5.74, 6) is 0.917. The van der Waals surface area contributed by atoms with Crippen LogP contribution in [0.25, 0.3) is 0 Å². The van der Waals surface area contributed by atoms with E-state index in [1.54, 1.807) is 0 Å². The highest BCUT2D eigenvalue weighted by Gasteiger charge is 2.09. The molecule has 0 atom stereocenters. The van der Waals surface area contributed by atoms with E-state index in [0.29, 0.717) is 0 Å². The lowest BCUT2D eigenvalue weighted by Crippen LogP contribution is -2.38. The monoisotopic (exact) mass is 478 g/mol. The topological polar surface area (TPSA) is 39.7 Å². The zero-order valence-corrected chi connectivity index (χ0v) is 18.4. The summed E-state index contributed by atoms with van der Waals surface area (Å²) in [4.78, 5) is 7.24. The average Bonchev–Trinajstić information content (AvgIpc) is 3.08. The Hall–Kier alpha value is -0.530. The van der Waals surface area contributed by atoms with Crippen molar-refractivity contribution in [2.75, 3.05) is 39.3 Å². The molecule has 1 saturated heterocycles. The molecule has 0 amide bonds. The summed E-state index contributed by atoms with van der Waals surface area (Å²) in [6.45, 7) is 8.54. The van der Waals surface area contributed by atoms with Gasteiger partial charge in [0.25, 0.3) is 0 Å². The molecule has 1 aliphatic rings. The minimum absolute atomic E-state index is 0. The number of nitrogens with zero attached hydrogens (tertiary/aromatic N) is 2. The van der Waals surface area contributed by atoms with Gasteiger partial charge in [-0.15, -0.1) is 24.0 Å². The Morgan fingerprint density at radius 2 is 2.00 bits per heavy atom. The molecule has 1 fully saturated rings. The van der Waals surface area contributed by atoms with Gasteiger partial charge in [0.2, 0.25) is 0 Å². The van der Waals surface area contributed by atoms with Crippen LogP contribution in [-0.2, 0) is 6.42 Å². The van der Waals surface area contributed by atoms with Crippen molar-refractivity contribution in [3.05, 3.63) is 34.9 Å². The Morgan fingerprint density at radius 3 is 2.72 bits per heavy atom. The number of benzene rings is 1. The minimum Gasteiger partial charge on any atom is -0.357 e. The Balaban J connectivity index is 0.00000312. The molecule has 0 radical (unpaired) electrons. The van der Waals surface area contributed by atoms with Crippen LogP contribution in [0.15, 0.2) is 29.3 Å². The van der Waals surface area contributed by atoms with E-state index in [1.807, 2.05) is 18.2 Å². The van der Waals surface area contributed by atoms with Gasteiger partial charge in [0, 0.05) is 24.7 Å². The smallest absolute Gasteiger partial charge is 0.191 e. The first-order valence-electron chi connectivity index (χ1n) is 9.27. The third-order valence-electron chi connectivity index (χ3n) is 4.29. The molecule has 1 aromatic rings. The van der Waals surface area contributed by atoms with Crippen molar-refractivity contribution in [3.63, 3.8) is 0 Å². The number of halogens is 2. The molecule has 2 rings (SSSR count). The van der Waals surface area contributed by atoms with Crippen molar-refractivity contribution in [1.29, 1.82) is 0 Å². The molecule has 2 N–H and O–H groups in total. The zero-order chi connectivity index (χ0) is 17.0. The van der Waals surface area contributed by atoms with Crippen molar-refractivity contribution in [2.24, 2.45) is 4.99 Å². The van der Waals surface area contributed by atoms with E-state index in [9.17, 15) is 0 Å². The quantitative estimate of drug-likeness (QED) is 0.244. The van der Waals surface area contributed by atoms with Gasteiger partial charge in [-0.25, -0.2) is 0 Å². The molecule has 142 valence electrons. The third-order valence-corrected chi connectivity index (χ3v) is 4.53. The first-order chi connectivity index (χ1) is 11.8. The van der Waals surface area contributed by atoms with Gasteiger partial charge in [-0.1, -0.05) is 23.7 Å². The summed E-state index contributed by atoms with van der Waals surface area (Å²) >= 11 is 6.02. The lowest BCUT2D eigenvalue weighted by molar-refractivity contribution is 0.331. The number of unbranched alkanes of at least 4 members (excludes halogenated alkanes) is 1. The zero-order valence-electron chi connectivity index (χ0n) is 15.3. The number of likely N-dealkylation sites (tertiary alicyclic amines) is 1. The average molecular weight is 479 g/mol. The summed E-state index contributed by atoms with van der Waals surface area (Å²) in [5, 5.41) is 7.52. The maximum Gasteiger partial charge on any atom is 0.191 e. The maximum atomic E-state index is 6.02. The maximum absolute atomic E-state index is 6.02. The van der Waals surface area contributed by atoms with Crippen molar-refractivity contribution in [3.8, 4) is 0 Å². The largest absolute Gasteiger partial charge is 0.357 e. The molecule has 0 aliphatic carbocycles. The molecule has 0 aromatic heterocycles. The number of hydrogen-bond donors (Lipinski definition) is 2. The van der Waals surface area contributed by atoms with Gasteiger partial charge in [0.05, 0.1) is 0 Å². The van der Waals surface area contributed by atoms with Crippen molar-refractivity contribution < 1.29 is 0 Å². The summed E-state index contributed by atoms with van der Waals surface area (Å²) in [6.07, 6.45) is 6.09. The summed E-state index contributed by atoms with van der Waals surface area (Å²) in [5.41, 5.74) is 1.25. The first-order valence-corrected chi connectivity index (χ1v) is 9.64. The predicted octanol–water partition coefficient (Wildman–Crippen LogP) is 3.93. The molecule has 1 aromatic carbocycles. The molecule has 0 unspecified atom stereocenters. The van der Waals surface area contributed by atoms with E-state index in [2.05, 4.69) is 33.5 Å². The van der Waals surface area contributed by atoms with Gasteiger partial charge in [-0.2, -0.15) is 0 Å². The normalized spacial score (nSPS) is 15.0. The highest BCUT2D eigenvalue weighted by Crippen LogP contribution is 2.10. The van der Waals surface area contributed by atoms with Gasteiger partial charge in [-0.3, -0.25) is 4.99 Å². The molecule has 0 spiro atoms. The summed E-state index contributed by atoms with van der Waals surface area (Å²) < 4.78 is 0. The molecule has 25 heavy (non-hydrogen) atoms. The van der Waals surface area contributed by atoms with Crippen LogP contribution in [-0.4, -0.2) is 50.1 Å². The van der Waals surface area contributed by atoms with Gasteiger partial charge in [0.15, 0.2) is 5.96 Å². The fraction of sp³-hybridized carbons (Fsp3) is 0.632. The number of hydrogen-bond acceptors (Lipinski definition) is 2. The lowest BCUT2D eigenvalue weighted by Gasteiger charge is -2.14. The van der Waals surface area contributed by atoms with Crippen LogP contribution >= 0.6 is 35.6 Å². The highest BCUT2D eigenvalue weighted by molar-refractivity contribution is 14.0. The van der Waals surface area contributed by atoms with E-state index in [1.165, 1.54) is 44.5 Å². The molecule has 1 heterocycles. The van der Waals surface area contributed by atoms with Gasteiger partial charge in [0.1, 0.15) is 0 Å². The van der Waals surface area contributed by atoms with Crippen LogP contribution in [0.2, 0.25) is 5.02 Å². The number of aliphatic imine (C=N–C) groups is 1. The molecule has 0 bridgehead atoms. The van der Waals surface area contributed by atoms with Crippen molar-refractivity contribution in [2.45, 2.75) is 39.0 Å². The number of rotatable bonds is 9. The Labute approximate surface area is 174 Å². The molecule has 6 heteroatoms. The van der Waals surface area contributed by atoms with E-state index in [0.717, 1.165) is 43.5 Å². The lowest BCUT2D eigenvalue weighted by atomic mass is 10.1. The van der Waals surface area contributed by atoms with Crippen molar-refractivity contribution >= 4 is 41.5 Å². The molecular weight excluding hydrogens is 447 g/mol. The van der Waals surface area contributed by atoms with E-state index < -0.39 is 0 Å². The fourth-order valence-corrected chi connectivity index (χ4v) is 3.22. The minimum atomic E-state index is 0. The van der Waals surface area contributed by atoms with Gasteiger partial charge < -0.3 is 15.5 Å². The highest BCUT2D eigenvalue weighted by atomic mass is 127. The van der Waals surface area contributed by atoms with Crippen LogP contribution in [0.1, 0.15) is 38.2 Å². The van der Waals surface area contributed by atoms with Gasteiger partial charge in [-0.05, 0) is 76.4 Å². The standard InChI is InChI=1S/C19H31ClN4.HI/c1-2-21-19(22-11-3-4-13-24-14-5-6-15-24)23-12-10-17-8-7-9-18(20)16-17;/h7-9,16H,2-6,10-15H2,1H3,(H2,21,22,23);1H. The first kappa shape index (κ1) is 22.5. The molecule has 1 aliphatic heterocycles. The van der Waals surface area contributed by atoms with Crippen LogP contribution in [0, 0.1) is 0 Å². The Kier molecular flexibility index (Phi) is 12.3. The van der Waals surface area contributed by atoms with E-state index in [4.69, 9.17) is 11.6 Å². The van der Waals surface area contributed by atoms with Crippen molar-refractivity contribution in [1.82, 2.24) is 15.5 Å². The SMILES string of the molecule is CCNC(=NCCCCN1CCCC1)NCCc1cccc(Cl)c1.I. The molecule has 4 nitrogen and oxygen atoms in total. The Bertz CT molecular complexity index is 504. The van der Waals surface area contributed by atoms with Crippen LogP contribution in [0.3, 0.4) is 0 Å². The van der Waals surface area contributed by atoms with Crippen LogP contribution in [0.5, 0.6) is 0 Å². The van der Waals surface area contributed by atoms with E-state index >= 15 is 0 Å². The second-order valence-corrected chi connectivity index (χ2v) is 6.76. The second kappa shape index (κ2) is 13.6. The predicted molar refractivity (Wildman–Crippen MR) is 119 cm³/mol. The summed E-state index contributed by atoms with van der Waals surface area (Å²) in [6, 6.07) is 8.03. The fourth-order valence-electron chi connectivity index (χ4n) is 3.00. The van der Waals surface area contributed by atoms with Crippen LogP contribution in [0.4, 0.5) is 0 Å². The van der Waals surface area contributed by atoms with Gasteiger partial charge >= 0.3 is 0 Å². The summed E-state index contributed by atoms with van der Waals surface area (Å²) in [7, 11) is 0. The Morgan fingerprint density at radius 1 is 1.20 bits per heavy atom. The van der Waals surface area contributed by atoms with E-state index in [-0.39, 0.29) is 24.0 Å². The molecular formula is C19H32ClIN4. The number of nitrogens with one attached hydrogen (secondary N) is 2. The molecule has 0 saturated carbocycles. The third kappa shape index (κ3) is 9.66. The van der Waals surface area contributed by atoms with Crippen LogP contribution < -0.4 is 10.6 Å².